The Morgan fingerprint density at radius 3 is 2.58 bits per heavy atom. The molecule has 0 bridgehead atoms. The standard InChI is InChI=1S/C20H23N3O3/c1-13(2)19-22-21-18-10-9-16(11-23(18)19)26-17-8-6-5-7-15(17)12-25-20(24)14(3)4/h5-11,13-14H,12H2,1-4H3. The predicted molar refractivity (Wildman–Crippen MR) is 98.2 cm³/mol. The highest BCUT2D eigenvalue weighted by molar-refractivity contribution is 5.71. The number of aromatic nitrogens is 3. The number of para-hydroxylation sites is 1. The molecule has 0 fully saturated rings. The number of ether oxygens (including phenoxy) is 2. The van der Waals surface area contributed by atoms with E-state index in [1.165, 1.54) is 0 Å². The summed E-state index contributed by atoms with van der Waals surface area (Å²) in [4.78, 5) is 11.7. The third kappa shape index (κ3) is 3.85. The molecule has 6 heteroatoms. The maximum Gasteiger partial charge on any atom is 0.308 e. The van der Waals surface area contributed by atoms with Gasteiger partial charge in [-0.3, -0.25) is 9.20 Å². The van der Waals surface area contributed by atoms with Gasteiger partial charge in [-0.2, -0.15) is 0 Å². The lowest BCUT2D eigenvalue weighted by molar-refractivity contribution is -0.148. The van der Waals surface area contributed by atoms with E-state index < -0.39 is 0 Å². The van der Waals surface area contributed by atoms with Gasteiger partial charge in [0, 0.05) is 11.5 Å². The Morgan fingerprint density at radius 2 is 1.85 bits per heavy atom. The smallest absolute Gasteiger partial charge is 0.308 e. The van der Waals surface area contributed by atoms with Crippen molar-refractivity contribution in [1.29, 1.82) is 0 Å². The molecule has 0 aliphatic carbocycles. The van der Waals surface area contributed by atoms with Gasteiger partial charge in [0.25, 0.3) is 0 Å². The summed E-state index contributed by atoms with van der Waals surface area (Å²) in [5, 5.41) is 8.40. The maximum atomic E-state index is 11.7. The van der Waals surface area contributed by atoms with E-state index in [0.29, 0.717) is 11.5 Å². The molecule has 3 rings (SSSR count). The van der Waals surface area contributed by atoms with Crippen LogP contribution < -0.4 is 4.74 Å². The second-order valence-corrected chi connectivity index (χ2v) is 6.78. The fraction of sp³-hybridized carbons (Fsp3) is 0.350. The molecule has 0 saturated carbocycles. The molecule has 0 amide bonds. The lowest BCUT2D eigenvalue weighted by Gasteiger charge is -2.13. The molecule has 0 atom stereocenters. The molecule has 0 aliphatic rings. The molecule has 0 spiro atoms. The number of carbonyl (C=O) groups is 1. The lowest BCUT2D eigenvalue weighted by Crippen LogP contribution is -2.11. The first-order chi connectivity index (χ1) is 12.5. The van der Waals surface area contributed by atoms with Gasteiger partial charge in [-0.05, 0) is 18.2 Å². The Bertz CT molecular complexity index is 916. The van der Waals surface area contributed by atoms with Crippen LogP contribution in [0.4, 0.5) is 0 Å². The van der Waals surface area contributed by atoms with Gasteiger partial charge in [0.15, 0.2) is 5.65 Å². The zero-order chi connectivity index (χ0) is 18.7. The van der Waals surface area contributed by atoms with Crippen molar-refractivity contribution >= 4 is 11.6 Å². The van der Waals surface area contributed by atoms with E-state index in [9.17, 15) is 4.79 Å². The summed E-state index contributed by atoms with van der Waals surface area (Å²) >= 11 is 0. The van der Waals surface area contributed by atoms with Gasteiger partial charge in [-0.25, -0.2) is 0 Å². The fourth-order valence-corrected chi connectivity index (χ4v) is 2.51. The molecule has 0 radical (unpaired) electrons. The van der Waals surface area contributed by atoms with Crippen LogP contribution in [0.5, 0.6) is 11.5 Å². The zero-order valence-corrected chi connectivity index (χ0v) is 15.5. The highest BCUT2D eigenvalue weighted by Gasteiger charge is 2.13. The maximum absolute atomic E-state index is 11.7. The average Bonchev–Trinajstić information content (AvgIpc) is 3.04. The Balaban J connectivity index is 1.84. The highest BCUT2D eigenvalue weighted by atomic mass is 16.5. The second-order valence-electron chi connectivity index (χ2n) is 6.78. The van der Waals surface area contributed by atoms with Crippen molar-refractivity contribution < 1.29 is 14.3 Å². The quantitative estimate of drug-likeness (QED) is 0.617. The molecular formula is C20H23N3O3. The van der Waals surface area contributed by atoms with Crippen molar-refractivity contribution in [3.63, 3.8) is 0 Å². The van der Waals surface area contributed by atoms with Crippen LogP contribution in [0.3, 0.4) is 0 Å². The summed E-state index contributed by atoms with van der Waals surface area (Å²) in [5.41, 5.74) is 1.59. The first-order valence-electron chi connectivity index (χ1n) is 8.72. The molecule has 3 aromatic rings. The van der Waals surface area contributed by atoms with Crippen LogP contribution >= 0.6 is 0 Å². The van der Waals surface area contributed by atoms with Crippen molar-refractivity contribution in [2.45, 2.75) is 40.2 Å². The minimum Gasteiger partial charge on any atom is -0.460 e. The molecule has 6 nitrogen and oxygen atoms in total. The molecule has 0 N–H and O–H groups in total. The summed E-state index contributed by atoms with van der Waals surface area (Å²) in [7, 11) is 0. The fourth-order valence-electron chi connectivity index (χ4n) is 2.51. The van der Waals surface area contributed by atoms with Crippen LogP contribution in [0.15, 0.2) is 42.6 Å². The van der Waals surface area contributed by atoms with E-state index in [2.05, 4.69) is 24.0 Å². The van der Waals surface area contributed by atoms with E-state index >= 15 is 0 Å². The van der Waals surface area contributed by atoms with E-state index in [0.717, 1.165) is 17.0 Å². The number of nitrogens with zero attached hydrogens (tertiary/aromatic N) is 3. The summed E-state index contributed by atoms with van der Waals surface area (Å²) in [6.07, 6.45) is 1.88. The summed E-state index contributed by atoms with van der Waals surface area (Å²) in [6.45, 7) is 7.95. The molecule has 2 aromatic heterocycles. The van der Waals surface area contributed by atoms with E-state index in [1.54, 1.807) is 0 Å². The third-order valence-corrected chi connectivity index (χ3v) is 3.96. The molecule has 2 heterocycles. The zero-order valence-electron chi connectivity index (χ0n) is 15.5. The SMILES string of the molecule is CC(C)C(=O)OCc1ccccc1Oc1ccc2nnc(C(C)C)n2c1. The average molecular weight is 353 g/mol. The van der Waals surface area contributed by atoms with E-state index in [4.69, 9.17) is 9.47 Å². The lowest BCUT2D eigenvalue weighted by atomic mass is 10.2. The van der Waals surface area contributed by atoms with Crippen LogP contribution in [0.1, 0.15) is 45.0 Å². The van der Waals surface area contributed by atoms with Gasteiger partial charge in [-0.15, -0.1) is 10.2 Å². The Morgan fingerprint density at radius 1 is 1.08 bits per heavy atom. The first kappa shape index (κ1) is 17.9. The normalized spacial score (nSPS) is 11.3. The van der Waals surface area contributed by atoms with Crippen molar-refractivity contribution in [3.8, 4) is 11.5 Å². The summed E-state index contributed by atoms with van der Waals surface area (Å²) < 4.78 is 13.3. The first-order valence-corrected chi connectivity index (χ1v) is 8.72. The predicted octanol–water partition coefficient (Wildman–Crippen LogP) is 4.34. The number of esters is 1. The second kappa shape index (κ2) is 7.56. The molecular weight excluding hydrogens is 330 g/mol. The van der Waals surface area contributed by atoms with Gasteiger partial charge in [0.05, 0.1) is 12.1 Å². The molecule has 136 valence electrons. The van der Waals surface area contributed by atoms with Crippen molar-refractivity contribution in [3.05, 3.63) is 54.0 Å². The minimum atomic E-state index is -0.229. The Kier molecular flexibility index (Phi) is 5.21. The van der Waals surface area contributed by atoms with Gasteiger partial charge < -0.3 is 9.47 Å². The van der Waals surface area contributed by atoms with E-state index in [1.807, 2.05) is 60.8 Å². The number of pyridine rings is 1. The van der Waals surface area contributed by atoms with Crippen molar-refractivity contribution in [2.24, 2.45) is 5.92 Å². The van der Waals surface area contributed by atoms with Gasteiger partial charge in [0.1, 0.15) is 23.9 Å². The number of fused-ring (bicyclic) bond motifs is 1. The molecule has 1 aromatic carbocycles. The molecule has 0 unspecified atom stereocenters. The van der Waals surface area contributed by atoms with Crippen LogP contribution in [-0.4, -0.2) is 20.6 Å². The van der Waals surface area contributed by atoms with Crippen LogP contribution in [0, 0.1) is 5.92 Å². The van der Waals surface area contributed by atoms with E-state index in [-0.39, 0.29) is 24.4 Å². The largest absolute Gasteiger partial charge is 0.460 e. The third-order valence-electron chi connectivity index (χ3n) is 3.96. The molecule has 0 aliphatic heterocycles. The minimum absolute atomic E-state index is 0.159. The Labute approximate surface area is 152 Å². The number of benzene rings is 1. The monoisotopic (exact) mass is 353 g/mol. The topological polar surface area (TPSA) is 65.7 Å². The van der Waals surface area contributed by atoms with Crippen LogP contribution in [0.25, 0.3) is 5.65 Å². The van der Waals surface area contributed by atoms with Crippen LogP contribution in [-0.2, 0) is 16.1 Å². The number of hydrogen-bond acceptors (Lipinski definition) is 5. The van der Waals surface area contributed by atoms with Gasteiger partial charge in [-0.1, -0.05) is 45.9 Å². The summed E-state index contributed by atoms with van der Waals surface area (Å²) in [5.74, 6) is 2.07. The van der Waals surface area contributed by atoms with Crippen molar-refractivity contribution in [2.75, 3.05) is 0 Å². The molecule has 0 saturated heterocycles. The Hall–Kier alpha value is -2.89. The highest BCUT2D eigenvalue weighted by Crippen LogP contribution is 2.27. The molecule has 26 heavy (non-hydrogen) atoms. The number of hydrogen-bond donors (Lipinski definition) is 0. The van der Waals surface area contributed by atoms with Gasteiger partial charge >= 0.3 is 5.97 Å². The number of carbonyl (C=O) groups excluding carboxylic acids is 1. The van der Waals surface area contributed by atoms with Crippen LogP contribution in [0.2, 0.25) is 0 Å². The van der Waals surface area contributed by atoms with Crippen molar-refractivity contribution in [1.82, 2.24) is 14.6 Å². The number of rotatable bonds is 6. The summed E-state index contributed by atoms with van der Waals surface area (Å²) in [6, 6.07) is 11.3. The van der Waals surface area contributed by atoms with Gasteiger partial charge in [0.2, 0.25) is 0 Å².